The van der Waals surface area contributed by atoms with Crippen LogP contribution in [0, 0.1) is 5.41 Å². The molecule has 4 rings (SSSR count). The zero-order chi connectivity index (χ0) is 20.4. The molecule has 0 saturated carbocycles. The summed E-state index contributed by atoms with van der Waals surface area (Å²) in [5.41, 5.74) is 0.487. The molecule has 8 nitrogen and oxygen atoms in total. The Labute approximate surface area is 169 Å². The predicted octanol–water partition coefficient (Wildman–Crippen LogP) is 1.62. The van der Waals surface area contributed by atoms with E-state index in [0.29, 0.717) is 37.3 Å². The molecule has 2 aliphatic rings. The van der Waals surface area contributed by atoms with Crippen molar-refractivity contribution in [1.82, 2.24) is 20.3 Å². The number of aromatic nitrogens is 1. The summed E-state index contributed by atoms with van der Waals surface area (Å²) in [7, 11) is 2.02. The van der Waals surface area contributed by atoms with Crippen molar-refractivity contribution in [2.75, 3.05) is 26.7 Å². The van der Waals surface area contributed by atoms with Gasteiger partial charge in [0.25, 0.3) is 5.91 Å². The molecule has 0 radical (unpaired) electrons. The van der Waals surface area contributed by atoms with E-state index in [1.54, 1.807) is 24.3 Å². The molecule has 0 bridgehead atoms. The fourth-order valence-corrected chi connectivity index (χ4v) is 4.63. The van der Waals surface area contributed by atoms with Crippen molar-refractivity contribution in [2.24, 2.45) is 5.41 Å². The number of likely N-dealkylation sites (tertiary alicyclic amines) is 2. The number of nitrogens with one attached hydrogen (secondary N) is 1. The van der Waals surface area contributed by atoms with Gasteiger partial charge in [0.1, 0.15) is 17.7 Å². The van der Waals surface area contributed by atoms with E-state index in [0.717, 1.165) is 19.4 Å². The van der Waals surface area contributed by atoms with Crippen molar-refractivity contribution in [3.05, 3.63) is 47.9 Å². The molecule has 2 saturated heterocycles. The minimum atomic E-state index is -0.624. The number of fused-ring (bicyclic) bond motifs is 1. The number of hydrogen-bond donors (Lipinski definition) is 2. The topological polar surface area (TPSA) is 98.9 Å². The molecule has 29 heavy (non-hydrogen) atoms. The number of nitrogens with zero attached hydrogens (tertiary/aromatic N) is 3. The SMILES string of the molecule is CN1CC[C@]2(C(=O)NCc3ccon3)CCCN(C(=O)c3cccc(O)c3)[C@H]2C1. The average Bonchev–Trinajstić information content (AvgIpc) is 3.24. The first-order valence-corrected chi connectivity index (χ1v) is 9.96. The highest BCUT2D eigenvalue weighted by molar-refractivity contribution is 5.96. The Balaban J connectivity index is 1.59. The van der Waals surface area contributed by atoms with Crippen LogP contribution in [0.25, 0.3) is 0 Å². The lowest BCUT2D eigenvalue weighted by molar-refractivity contribution is -0.142. The number of hydrogen-bond acceptors (Lipinski definition) is 6. The number of carbonyl (C=O) groups is 2. The maximum atomic E-state index is 13.3. The van der Waals surface area contributed by atoms with Gasteiger partial charge in [0.2, 0.25) is 5.91 Å². The summed E-state index contributed by atoms with van der Waals surface area (Å²) in [5.74, 6) is -0.119. The molecule has 1 aromatic heterocycles. The van der Waals surface area contributed by atoms with Crippen molar-refractivity contribution < 1.29 is 19.2 Å². The highest BCUT2D eigenvalue weighted by Gasteiger charge is 2.53. The van der Waals surface area contributed by atoms with E-state index in [2.05, 4.69) is 15.4 Å². The lowest BCUT2D eigenvalue weighted by Crippen LogP contribution is -2.66. The van der Waals surface area contributed by atoms with Crippen molar-refractivity contribution >= 4 is 11.8 Å². The van der Waals surface area contributed by atoms with E-state index < -0.39 is 5.41 Å². The molecule has 0 aliphatic carbocycles. The second-order valence-electron chi connectivity index (χ2n) is 8.01. The largest absolute Gasteiger partial charge is 0.508 e. The first kappa shape index (κ1) is 19.4. The normalized spacial score (nSPS) is 24.7. The first-order valence-electron chi connectivity index (χ1n) is 9.96. The van der Waals surface area contributed by atoms with Gasteiger partial charge < -0.3 is 24.7 Å². The number of piperidine rings is 2. The smallest absolute Gasteiger partial charge is 0.254 e. The van der Waals surface area contributed by atoms with E-state index in [9.17, 15) is 14.7 Å². The van der Waals surface area contributed by atoms with E-state index in [1.807, 2.05) is 11.9 Å². The monoisotopic (exact) mass is 398 g/mol. The van der Waals surface area contributed by atoms with Crippen molar-refractivity contribution in [1.29, 1.82) is 0 Å². The molecule has 2 atom stereocenters. The van der Waals surface area contributed by atoms with Crippen LogP contribution in [-0.4, -0.2) is 64.6 Å². The maximum Gasteiger partial charge on any atom is 0.254 e. The molecule has 0 spiro atoms. The molecule has 0 unspecified atom stereocenters. The van der Waals surface area contributed by atoms with E-state index in [-0.39, 0.29) is 23.6 Å². The third-order valence-corrected chi connectivity index (χ3v) is 6.19. The number of amides is 2. The fraction of sp³-hybridized carbons (Fsp3) is 0.476. The number of carbonyl (C=O) groups excluding carboxylic acids is 2. The summed E-state index contributed by atoms with van der Waals surface area (Å²) in [6.07, 6.45) is 3.69. The molecule has 8 heteroatoms. The number of phenols is 1. The minimum absolute atomic E-state index is 0.0352. The van der Waals surface area contributed by atoms with Gasteiger partial charge >= 0.3 is 0 Å². The molecule has 2 aromatic rings. The Morgan fingerprint density at radius 2 is 2.17 bits per heavy atom. The molecule has 1 aromatic carbocycles. The summed E-state index contributed by atoms with van der Waals surface area (Å²) in [5, 5.41) is 16.6. The van der Waals surface area contributed by atoms with Crippen LogP contribution in [0.4, 0.5) is 0 Å². The van der Waals surface area contributed by atoms with Crippen LogP contribution in [0.15, 0.2) is 41.1 Å². The summed E-state index contributed by atoms with van der Waals surface area (Å²) in [6, 6.07) is 7.90. The summed E-state index contributed by atoms with van der Waals surface area (Å²) in [6.45, 7) is 2.36. The van der Waals surface area contributed by atoms with Crippen LogP contribution in [0.1, 0.15) is 35.3 Å². The molecular weight excluding hydrogens is 372 g/mol. The third kappa shape index (κ3) is 3.72. The highest BCUT2D eigenvalue weighted by Crippen LogP contribution is 2.43. The molecule has 2 N–H and O–H groups in total. The van der Waals surface area contributed by atoms with E-state index in [1.165, 1.54) is 12.3 Å². The van der Waals surface area contributed by atoms with Crippen LogP contribution in [-0.2, 0) is 11.3 Å². The number of likely N-dealkylation sites (N-methyl/N-ethyl adjacent to an activating group) is 1. The molecule has 2 fully saturated rings. The van der Waals surface area contributed by atoms with Crippen LogP contribution < -0.4 is 5.32 Å². The Morgan fingerprint density at radius 1 is 1.31 bits per heavy atom. The van der Waals surface area contributed by atoms with Crippen molar-refractivity contribution in [3.63, 3.8) is 0 Å². The minimum Gasteiger partial charge on any atom is -0.508 e. The van der Waals surface area contributed by atoms with Gasteiger partial charge in [-0.15, -0.1) is 0 Å². The maximum absolute atomic E-state index is 13.3. The standard InChI is InChI=1S/C21H26N4O4/c1-24-10-8-21(20(28)22-13-16-6-11-29-23-16)7-3-9-25(18(21)14-24)19(27)15-4-2-5-17(26)12-15/h2,4-6,11-12,18,26H,3,7-10,13-14H2,1H3,(H,22,28)/t18-,21+/m0/s1. The van der Waals surface area contributed by atoms with Gasteiger partial charge in [-0.1, -0.05) is 11.2 Å². The summed E-state index contributed by atoms with van der Waals surface area (Å²) >= 11 is 0. The van der Waals surface area contributed by atoms with Gasteiger partial charge in [-0.25, -0.2) is 0 Å². The Kier molecular flexibility index (Phi) is 5.27. The second-order valence-corrected chi connectivity index (χ2v) is 8.01. The number of rotatable bonds is 4. The Hall–Kier alpha value is -2.87. The summed E-state index contributed by atoms with van der Waals surface area (Å²) < 4.78 is 4.84. The number of benzene rings is 1. The molecule has 3 heterocycles. The van der Waals surface area contributed by atoms with Crippen molar-refractivity contribution in [3.8, 4) is 5.75 Å². The Morgan fingerprint density at radius 3 is 2.93 bits per heavy atom. The second kappa shape index (κ2) is 7.87. The molecule has 154 valence electrons. The van der Waals surface area contributed by atoms with Gasteiger partial charge in [0.15, 0.2) is 0 Å². The third-order valence-electron chi connectivity index (χ3n) is 6.19. The summed E-state index contributed by atoms with van der Waals surface area (Å²) in [4.78, 5) is 30.6. The van der Waals surface area contributed by atoms with Crippen LogP contribution in [0.5, 0.6) is 5.75 Å². The van der Waals surface area contributed by atoms with Crippen LogP contribution >= 0.6 is 0 Å². The van der Waals surface area contributed by atoms with Gasteiger partial charge in [0.05, 0.1) is 18.0 Å². The number of phenolic OH excluding ortho intramolecular Hbond substituents is 1. The molecule has 2 amide bonds. The lowest BCUT2D eigenvalue weighted by Gasteiger charge is -2.53. The fourth-order valence-electron chi connectivity index (χ4n) is 4.63. The first-order chi connectivity index (χ1) is 14.0. The molecular formula is C21H26N4O4. The highest BCUT2D eigenvalue weighted by atomic mass is 16.5. The van der Waals surface area contributed by atoms with Crippen molar-refractivity contribution in [2.45, 2.75) is 31.8 Å². The van der Waals surface area contributed by atoms with Gasteiger partial charge in [-0.3, -0.25) is 9.59 Å². The zero-order valence-electron chi connectivity index (χ0n) is 16.5. The van der Waals surface area contributed by atoms with Crippen LogP contribution in [0.2, 0.25) is 0 Å². The van der Waals surface area contributed by atoms with Gasteiger partial charge in [-0.05, 0) is 51.1 Å². The lowest BCUT2D eigenvalue weighted by atomic mass is 9.67. The quantitative estimate of drug-likeness (QED) is 0.812. The van der Waals surface area contributed by atoms with Gasteiger partial charge in [-0.2, -0.15) is 0 Å². The average molecular weight is 398 g/mol. The zero-order valence-corrected chi connectivity index (χ0v) is 16.5. The van der Waals surface area contributed by atoms with Crippen LogP contribution in [0.3, 0.4) is 0 Å². The Bertz CT molecular complexity index is 885. The van der Waals surface area contributed by atoms with E-state index >= 15 is 0 Å². The molecule has 2 aliphatic heterocycles. The van der Waals surface area contributed by atoms with E-state index in [4.69, 9.17) is 4.52 Å². The number of aromatic hydroxyl groups is 1. The van der Waals surface area contributed by atoms with Gasteiger partial charge in [0, 0.05) is 24.7 Å². The predicted molar refractivity (Wildman–Crippen MR) is 105 cm³/mol.